The van der Waals surface area contributed by atoms with Crippen LogP contribution in [-0.2, 0) is 14.4 Å². The fourth-order valence-corrected chi connectivity index (χ4v) is 3.78. The second-order valence-corrected chi connectivity index (χ2v) is 8.27. The SMILES string of the molecule is CC(=O)Nc1cccc(/C(C)=N\N=C2/NC(=O)[C@@H](CC(=O)Nc3ccc(C(=O)O)cc3)S2)c1. The van der Waals surface area contributed by atoms with Gasteiger partial charge in [0.25, 0.3) is 0 Å². The van der Waals surface area contributed by atoms with Gasteiger partial charge in [-0.05, 0) is 48.9 Å². The first-order valence-corrected chi connectivity index (χ1v) is 10.7. The first kappa shape index (κ1) is 23.7. The second kappa shape index (κ2) is 10.6. The minimum atomic E-state index is -1.06. The fraction of sp³-hybridized carbons (Fsp3) is 0.182. The molecule has 0 saturated carbocycles. The van der Waals surface area contributed by atoms with Crippen molar-refractivity contribution in [2.45, 2.75) is 25.5 Å². The van der Waals surface area contributed by atoms with E-state index in [2.05, 4.69) is 26.2 Å². The summed E-state index contributed by atoms with van der Waals surface area (Å²) in [6.07, 6.45) is -0.0857. The molecule has 4 N–H and O–H groups in total. The first-order valence-electron chi connectivity index (χ1n) is 9.82. The standard InChI is InChI=1S/C22H21N5O5S/c1-12(15-4-3-5-17(10-15)23-13(2)28)26-27-22-25-20(30)18(33-22)11-19(29)24-16-8-6-14(7-9-16)21(31)32/h3-10,18H,11H2,1-2H3,(H,23,28)(H,24,29)(H,31,32)(H,25,27,30)/b26-12-/t18-/m1/s1. The number of amides is 3. The Kier molecular flexibility index (Phi) is 7.57. The number of nitrogens with zero attached hydrogens (tertiary/aromatic N) is 2. The third-order valence-electron chi connectivity index (χ3n) is 4.45. The Balaban J connectivity index is 1.59. The maximum atomic E-state index is 12.3. The van der Waals surface area contributed by atoms with Crippen molar-refractivity contribution in [1.29, 1.82) is 0 Å². The summed E-state index contributed by atoms with van der Waals surface area (Å²) in [6.45, 7) is 3.17. The lowest BCUT2D eigenvalue weighted by atomic mass is 10.1. The van der Waals surface area contributed by atoms with Crippen LogP contribution in [0.15, 0.2) is 58.7 Å². The van der Waals surface area contributed by atoms with E-state index in [-0.39, 0.29) is 34.9 Å². The first-order chi connectivity index (χ1) is 15.7. The summed E-state index contributed by atoms with van der Waals surface area (Å²) in [7, 11) is 0. The van der Waals surface area contributed by atoms with Gasteiger partial charge in [0.15, 0.2) is 5.17 Å². The zero-order chi connectivity index (χ0) is 24.0. The highest BCUT2D eigenvalue weighted by Crippen LogP contribution is 2.23. The third kappa shape index (κ3) is 6.74. The number of carboxylic acid groups (broad SMARTS) is 1. The van der Waals surface area contributed by atoms with E-state index in [1.165, 1.54) is 31.2 Å². The molecule has 33 heavy (non-hydrogen) atoms. The van der Waals surface area contributed by atoms with Gasteiger partial charge in [0.05, 0.1) is 11.3 Å². The zero-order valence-electron chi connectivity index (χ0n) is 17.8. The molecule has 1 aliphatic heterocycles. The minimum absolute atomic E-state index is 0.0857. The predicted molar refractivity (Wildman–Crippen MR) is 127 cm³/mol. The molecule has 2 aromatic rings. The highest BCUT2D eigenvalue weighted by atomic mass is 32.2. The normalized spacial score (nSPS) is 16.9. The van der Waals surface area contributed by atoms with Crippen LogP contribution < -0.4 is 16.0 Å². The maximum Gasteiger partial charge on any atom is 0.335 e. The molecule has 3 rings (SSSR count). The molecule has 0 bridgehead atoms. The number of carboxylic acids is 1. The predicted octanol–water partition coefficient (Wildman–Crippen LogP) is 2.68. The van der Waals surface area contributed by atoms with Crippen LogP contribution in [0.25, 0.3) is 0 Å². The third-order valence-corrected chi connectivity index (χ3v) is 5.53. The van der Waals surface area contributed by atoms with Gasteiger partial charge in [-0.1, -0.05) is 23.9 Å². The number of carbonyl (C=O) groups is 4. The molecule has 11 heteroatoms. The maximum absolute atomic E-state index is 12.3. The van der Waals surface area contributed by atoms with Gasteiger partial charge in [-0.3, -0.25) is 14.4 Å². The fourth-order valence-electron chi connectivity index (χ4n) is 2.87. The number of carbonyl (C=O) groups excluding carboxylic acids is 3. The monoisotopic (exact) mass is 467 g/mol. The van der Waals surface area contributed by atoms with Crippen LogP contribution in [0.4, 0.5) is 11.4 Å². The molecule has 1 heterocycles. The minimum Gasteiger partial charge on any atom is -0.478 e. The van der Waals surface area contributed by atoms with Gasteiger partial charge in [-0.25, -0.2) is 4.79 Å². The number of hydrogen-bond acceptors (Lipinski definition) is 7. The van der Waals surface area contributed by atoms with Gasteiger partial charge < -0.3 is 21.1 Å². The number of thioether (sulfide) groups is 1. The lowest BCUT2D eigenvalue weighted by Crippen LogP contribution is -2.28. The Morgan fingerprint density at radius 2 is 1.76 bits per heavy atom. The Labute approximate surface area is 193 Å². The molecule has 0 aliphatic carbocycles. The highest BCUT2D eigenvalue weighted by Gasteiger charge is 2.32. The Hall–Kier alpha value is -3.99. The van der Waals surface area contributed by atoms with Crippen LogP contribution in [0.2, 0.25) is 0 Å². The molecule has 1 atom stereocenters. The molecule has 170 valence electrons. The van der Waals surface area contributed by atoms with Crippen molar-refractivity contribution in [3.63, 3.8) is 0 Å². The number of hydrogen-bond donors (Lipinski definition) is 4. The molecule has 10 nitrogen and oxygen atoms in total. The van der Waals surface area contributed by atoms with E-state index < -0.39 is 11.2 Å². The molecule has 0 unspecified atom stereocenters. The number of anilines is 2. The van der Waals surface area contributed by atoms with Gasteiger partial charge in [0, 0.05) is 24.7 Å². The Morgan fingerprint density at radius 3 is 2.42 bits per heavy atom. The van der Waals surface area contributed by atoms with Gasteiger partial charge in [0.2, 0.25) is 17.7 Å². The van der Waals surface area contributed by atoms with Crippen molar-refractivity contribution in [2.24, 2.45) is 10.2 Å². The number of nitrogens with one attached hydrogen (secondary N) is 3. The van der Waals surface area contributed by atoms with E-state index in [9.17, 15) is 19.2 Å². The molecule has 1 saturated heterocycles. The lowest BCUT2D eigenvalue weighted by Gasteiger charge is -2.07. The van der Waals surface area contributed by atoms with Crippen molar-refractivity contribution < 1.29 is 24.3 Å². The van der Waals surface area contributed by atoms with Crippen molar-refractivity contribution in [1.82, 2.24) is 5.32 Å². The zero-order valence-corrected chi connectivity index (χ0v) is 18.6. The summed E-state index contributed by atoms with van der Waals surface area (Å²) in [5.41, 5.74) is 2.51. The summed E-state index contributed by atoms with van der Waals surface area (Å²) in [5.74, 6) is -1.98. The molecular weight excluding hydrogens is 446 g/mol. The Morgan fingerprint density at radius 1 is 1.03 bits per heavy atom. The van der Waals surface area contributed by atoms with E-state index >= 15 is 0 Å². The highest BCUT2D eigenvalue weighted by molar-refractivity contribution is 8.15. The van der Waals surface area contributed by atoms with Crippen LogP contribution in [0, 0.1) is 0 Å². The van der Waals surface area contributed by atoms with Crippen LogP contribution in [0.3, 0.4) is 0 Å². The van der Waals surface area contributed by atoms with Crippen molar-refractivity contribution in [3.05, 3.63) is 59.7 Å². The molecular formula is C22H21N5O5S. The number of amidine groups is 1. The molecule has 1 aliphatic rings. The van der Waals surface area contributed by atoms with Crippen LogP contribution in [0.1, 0.15) is 36.2 Å². The summed E-state index contributed by atoms with van der Waals surface area (Å²) >= 11 is 1.10. The van der Waals surface area contributed by atoms with Crippen molar-refractivity contribution in [2.75, 3.05) is 10.6 Å². The summed E-state index contributed by atoms with van der Waals surface area (Å²) in [6, 6.07) is 12.8. The van der Waals surface area contributed by atoms with E-state index in [1.54, 1.807) is 25.1 Å². The number of rotatable bonds is 7. The van der Waals surface area contributed by atoms with E-state index in [0.29, 0.717) is 17.1 Å². The van der Waals surface area contributed by atoms with Gasteiger partial charge in [-0.2, -0.15) is 5.10 Å². The van der Waals surface area contributed by atoms with Gasteiger partial charge in [-0.15, -0.1) is 5.10 Å². The molecule has 0 spiro atoms. The van der Waals surface area contributed by atoms with Crippen LogP contribution in [-0.4, -0.2) is 44.9 Å². The molecule has 2 aromatic carbocycles. The van der Waals surface area contributed by atoms with Crippen molar-refractivity contribution >= 4 is 57.7 Å². The topological polar surface area (TPSA) is 149 Å². The van der Waals surface area contributed by atoms with E-state index in [4.69, 9.17) is 5.11 Å². The van der Waals surface area contributed by atoms with Crippen molar-refractivity contribution in [3.8, 4) is 0 Å². The largest absolute Gasteiger partial charge is 0.478 e. The molecule has 0 radical (unpaired) electrons. The quantitative estimate of drug-likeness (QED) is 0.363. The smallest absolute Gasteiger partial charge is 0.335 e. The summed E-state index contributed by atoms with van der Waals surface area (Å²) in [5, 5.41) is 24.7. The average Bonchev–Trinajstić information content (AvgIpc) is 3.11. The summed E-state index contributed by atoms with van der Waals surface area (Å²) < 4.78 is 0. The van der Waals surface area contributed by atoms with Gasteiger partial charge in [0.1, 0.15) is 5.25 Å². The summed E-state index contributed by atoms with van der Waals surface area (Å²) in [4.78, 5) is 46.6. The molecule has 1 fully saturated rings. The second-order valence-electron chi connectivity index (χ2n) is 7.08. The molecule has 0 aromatic heterocycles. The van der Waals surface area contributed by atoms with Crippen LogP contribution >= 0.6 is 11.8 Å². The number of aromatic carboxylic acids is 1. The number of benzene rings is 2. The molecule has 3 amide bonds. The Bertz CT molecular complexity index is 1160. The average molecular weight is 468 g/mol. The van der Waals surface area contributed by atoms with E-state index in [0.717, 1.165) is 17.3 Å². The lowest BCUT2D eigenvalue weighted by molar-refractivity contribution is -0.122. The van der Waals surface area contributed by atoms with E-state index in [1.807, 2.05) is 6.07 Å². The van der Waals surface area contributed by atoms with Crippen LogP contribution in [0.5, 0.6) is 0 Å². The van der Waals surface area contributed by atoms with Gasteiger partial charge >= 0.3 is 5.97 Å².